The van der Waals surface area contributed by atoms with Crippen LogP contribution in [-0.2, 0) is 16.0 Å². The van der Waals surface area contributed by atoms with Crippen molar-refractivity contribution in [1.29, 1.82) is 0 Å². The normalized spacial score (nSPS) is 18.7. The minimum atomic E-state index is -1.26. The van der Waals surface area contributed by atoms with E-state index < -0.39 is 23.5 Å². The highest BCUT2D eigenvalue weighted by molar-refractivity contribution is 5.77. The predicted molar refractivity (Wildman–Crippen MR) is 111 cm³/mol. The summed E-state index contributed by atoms with van der Waals surface area (Å²) in [4.78, 5) is 29.4. The largest absolute Gasteiger partial charge is 0.483 e. The predicted octanol–water partition coefficient (Wildman–Crippen LogP) is 2.41. The standard InChI is InChI=1S/C20H24F3N5O2.CH2O2/c21-14-11-16(23)15(22)9-12(14)8-13(24)10-18(29)28-7-3-4-17(28)19-25-20(26-30-19)27-5-1-2-6-27;2-1-3/h9,11,13,17H,1-8,10,24H2;1H,(H,2,3)/t13?,17-;/m0./s1. The molecule has 2 atom stereocenters. The van der Waals surface area contributed by atoms with E-state index >= 15 is 0 Å². The number of carboxylic acid groups (broad SMARTS) is 1. The molecule has 3 N–H and O–H groups in total. The molecule has 33 heavy (non-hydrogen) atoms. The highest BCUT2D eigenvalue weighted by Gasteiger charge is 2.35. The lowest BCUT2D eigenvalue weighted by Gasteiger charge is -2.23. The van der Waals surface area contributed by atoms with Crippen molar-refractivity contribution < 1.29 is 32.4 Å². The van der Waals surface area contributed by atoms with Crippen molar-refractivity contribution in [3.8, 4) is 0 Å². The van der Waals surface area contributed by atoms with Gasteiger partial charge in [-0.2, -0.15) is 4.98 Å². The molecule has 2 aliphatic heterocycles. The molecule has 2 fully saturated rings. The molecule has 0 bridgehead atoms. The van der Waals surface area contributed by atoms with Gasteiger partial charge in [0, 0.05) is 38.2 Å². The van der Waals surface area contributed by atoms with Crippen LogP contribution < -0.4 is 10.6 Å². The van der Waals surface area contributed by atoms with Gasteiger partial charge in [0.15, 0.2) is 11.6 Å². The van der Waals surface area contributed by atoms with Crippen molar-refractivity contribution in [3.63, 3.8) is 0 Å². The minimum absolute atomic E-state index is 0.0535. The summed E-state index contributed by atoms with van der Waals surface area (Å²) >= 11 is 0. The Labute approximate surface area is 188 Å². The number of carbonyl (C=O) groups is 2. The van der Waals surface area contributed by atoms with Crippen molar-refractivity contribution in [2.75, 3.05) is 24.5 Å². The Morgan fingerprint density at radius 3 is 2.55 bits per heavy atom. The number of nitrogens with zero attached hydrogens (tertiary/aromatic N) is 4. The van der Waals surface area contributed by atoms with Gasteiger partial charge >= 0.3 is 0 Å². The average molecular weight is 469 g/mol. The van der Waals surface area contributed by atoms with Crippen molar-refractivity contribution in [3.05, 3.63) is 41.0 Å². The lowest BCUT2D eigenvalue weighted by molar-refractivity contribution is -0.133. The summed E-state index contributed by atoms with van der Waals surface area (Å²) in [5.41, 5.74) is 5.96. The highest BCUT2D eigenvalue weighted by Crippen LogP contribution is 2.33. The Bertz CT molecular complexity index is 967. The molecule has 2 saturated heterocycles. The Hall–Kier alpha value is -3.15. The number of likely N-dealkylation sites (tertiary alicyclic amines) is 1. The zero-order chi connectivity index (χ0) is 24.0. The van der Waals surface area contributed by atoms with E-state index in [0.717, 1.165) is 38.4 Å². The fourth-order valence-corrected chi connectivity index (χ4v) is 4.15. The van der Waals surface area contributed by atoms with E-state index in [1.54, 1.807) is 4.90 Å². The molecule has 3 heterocycles. The average Bonchev–Trinajstić information content (AvgIpc) is 3.53. The first-order valence-electron chi connectivity index (χ1n) is 10.7. The van der Waals surface area contributed by atoms with Crippen LogP contribution in [0.2, 0.25) is 0 Å². The number of amides is 1. The van der Waals surface area contributed by atoms with Gasteiger partial charge in [-0.25, -0.2) is 13.2 Å². The molecule has 0 aliphatic carbocycles. The second kappa shape index (κ2) is 11.1. The molecule has 1 amide bonds. The summed E-state index contributed by atoms with van der Waals surface area (Å²) in [6.07, 6.45) is 3.56. The van der Waals surface area contributed by atoms with Gasteiger partial charge in [0.25, 0.3) is 18.3 Å². The number of rotatable bonds is 6. The number of hydrogen-bond acceptors (Lipinski definition) is 7. The topological polar surface area (TPSA) is 126 Å². The van der Waals surface area contributed by atoms with Gasteiger partial charge in [-0.05, 0) is 48.9 Å². The van der Waals surface area contributed by atoms with Crippen molar-refractivity contribution in [1.82, 2.24) is 15.0 Å². The Balaban J connectivity index is 0.000000968. The third-order valence-corrected chi connectivity index (χ3v) is 5.69. The molecule has 12 heteroatoms. The third-order valence-electron chi connectivity index (χ3n) is 5.69. The summed E-state index contributed by atoms with van der Waals surface area (Å²) in [7, 11) is 0. The van der Waals surface area contributed by atoms with Gasteiger partial charge in [-0.1, -0.05) is 0 Å². The van der Waals surface area contributed by atoms with Crippen molar-refractivity contribution >= 4 is 18.3 Å². The molecule has 1 aromatic heterocycles. The van der Waals surface area contributed by atoms with Crippen molar-refractivity contribution in [2.24, 2.45) is 5.73 Å². The summed E-state index contributed by atoms with van der Waals surface area (Å²) in [6.45, 7) is 2.07. The van der Waals surface area contributed by atoms with Gasteiger partial charge in [-0.15, -0.1) is 0 Å². The van der Waals surface area contributed by atoms with Gasteiger partial charge < -0.3 is 25.2 Å². The Kier molecular flexibility index (Phi) is 8.26. The van der Waals surface area contributed by atoms with Crippen LogP contribution in [0.3, 0.4) is 0 Å². The SMILES string of the molecule is NC(CC(=O)N1CCC[C@H]1c1nc(N2CCCC2)no1)Cc1cc(F)c(F)cc1F.O=CO. The molecule has 2 aliphatic rings. The number of nitrogens with two attached hydrogens (primary N) is 1. The summed E-state index contributed by atoms with van der Waals surface area (Å²) in [5, 5.41) is 10.9. The van der Waals surface area contributed by atoms with Gasteiger partial charge in [-0.3, -0.25) is 9.59 Å². The second-order valence-electron chi connectivity index (χ2n) is 8.00. The van der Waals surface area contributed by atoms with E-state index in [0.29, 0.717) is 30.9 Å². The molecule has 9 nitrogen and oxygen atoms in total. The van der Waals surface area contributed by atoms with E-state index in [9.17, 15) is 18.0 Å². The van der Waals surface area contributed by atoms with Crippen LogP contribution >= 0.6 is 0 Å². The molecule has 4 rings (SSSR count). The number of halogens is 3. The number of carbonyl (C=O) groups excluding carboxylic acids is 1. The van der Waals surface area contributed by atoms with E-state index in [1.807, 2.05) is 0 Å². The van der Waals surface area contributed by atoms with Crippen LogP contribution in [-0.4, -0.2) is 58.2 Å². The zero-order valence-electron chi connectivity index (χ0n) is 17.9. The lowest BCUT2D eigenvalue weighted by atomic mass is 10.0. The summed E-state index contributed by atoms with van der Waals surface area (Å²) in [6, 6.07) is 0.226. The first-order valence-corrected chi connectivity index (χ1v) is 10.7. The van der Waals surface area contributed by atoms with Crippen LogP contribution in [0.4, 0.5) is 19.1 Å². The molecule has 0 spiro atoms. The maximum atomic E-state index is 13.9. The summed E-state index contributed by atoms with van der Waals surface area (Å²) < 4.78 is 45.8. The maximum absolute atomic E-state index is 13.9. The van der Waals surface area contributed by atoms with E-state index in [-0.39, 0.29) is 36.8 Å². The fraction of sp³-hybridized carbons (Fsp3) is 0.524. The number of hydrogen-bond donors (Lipinski definition) is 2. The van der Waals surface area contributed by atoms with Crippen LogP contribution in [0.15, 0.2) is 16.7 Å². The number of aromatic nitrogens is 2. The molecule has 2 aromatic rings. The van der Waals surface area contributed by atoms with E-state index in [2.05, 4.69) is 15.0 Å². The molecular formula is C21H26F3N5O4. The number of benzene rings is 1. The van der Waals surface area contributed by atoms with Gasteiger partial charge in [0.1, 0.15) is 11.9 Å². The quantitative estimate of drug-likeness (QED) is 0.488. The van der Waals surface area contributed by atoms with Crippen LogP contribution in [0.1, 0.15) is 49.6 Å². The number of anilines is 1. The van der Waals surface area contributed by atoms with Crippen LogP contribution in [0, 0.1) is 17.5 Å². The van der Waals surface area contributed by atoms with Gasteiger partial charge in [0.05, 0.1) is 0 Å². The van der Waals surface area contributed by atoms with Crippen molar-refractivity contribution in [2.45, 2.75) is 50.6 Å². The Morgan fingerprint density at radius 1 is 1.18 bits per heavy atom. The van der Waals surface area contributed by atoms with E-state index in [4.69, 9.17) is 20.2 Å². The molecule has 0 radical (unpaired) electrons. The molecule has 1 aromatic carbocycles. The lowest BCUT2D eigenvalue weighted by Crippen LogP contribution is -2.36. The van der Waals surface area contributed by atoms with Gasteiger partial charge in [0.2, 0.25) is 5.91 Å². The van der Waals surface area contributed by atoms with Crippen LogP contribution in [0.25, 0.3) is 0 Å². The highest BCUT2D eigenvalue weighted by atomic mass is 19.2. The second-order valence-corrected chi connectivity index (χ2v) is 8.00. The molecular weight excluding hydrogens is 443 g/mol. The molecule has 0 saturated carbocycles. The third kappa shape index (κ3) is 6.01. The minimum Gasteiger partial charge on any atom is -0.483 e. The molecule has 1 unspecified atom stereocenters. The molecule has 180 valence electrons. The van der Waals surface area contributed by atoms with E-state index in [1.165, 1.54) is 0 Å². The zero-order valence-corrected chi connectivity index (χ0v) is 17.9. The smallest absolute Gasteiger partial charge is 0.290 e. The first-order chi connectivity index (χ1) is 15.8. The monoisotopic (exact) mass is 469 g/mol. The maximum Gasteiger partial charge on any atom is 0.290 e. The first kappa shape index (κ1) is 24.5. The van der Waals surface area contributed by atoms with Crippen LogP contribution in [0.5, 0.6) is 0 Å². The Morgan fingerprint density at radius 2 is 1.85 bits per heavy atom. The fourth-order valence-electron chi connectivity index (χ4n) is 4.15. The summed E-state index contributed by atoms with van der Waals surface area (Å²) in [5.74, 6) is -2.54.